The molecule has 0 fully saturated rings. The summed E-state index contributed by atoms with van der Waals surface area (Å²) in [4.78, 5) is 4.62. The Morgan fingerprint density at radius 1 is 1.28 bits per heavy atom. The number of anilines is 1. The first kappa shape index (κ1) is 17.3. The summed E-state index contributed by atoms with van der Waals surface area (Å²) >= 11 is 1.49. The molecular formula is C19H21N5S. The van der Waals surface area contributed by atoms with E-state index in [2.05, 4.69) is 35.3 Å². The molecule has 0 atom stereocenters. The topological polar surface area (TPSA) is 66.5 Å². The van der Waals surface area contributed by atoms with E-state index in [4.69, 9.17) is 0 Å². The van der Waals surface area contributed by atoms with Crippen molar-refractivity contribution >= 4 is 28.4 Å². The van der Waals surface area contributed by atoms with Crippen molar-refractivity contribution in [1.29, 1.82) is 5.26 Å². The fraction of sp³-hybridized carbons (Fsp3) is 0.316. The minimum atomic E-state index is 0.601. The van der Waals surface area contributed by atoms with Gasteiger partial charge in [-0.25, -0.2) is 4.98 Å². The van der Waals surface area contributed by atoms with Gasteiger partial charge in [-0.1, -0.05) is 18.2 Å². The van der Waals surface area contributed by atoms with Crippen LogP contribution in [-0.4, -0.2) is 21.0 Å². The van der Waals surface area contributed by atoms with Crippen LogP contribution in [0, 0.1) is 25.2 Å². The number of rotatable bonds is 5. The molecular weight excluding hydrogens is 330 g/mol. The lowest BCUT2D eigenvalue weighted by atomic mass is 10.1. The fourth-order valence-corrected chi connectivity index (χ4v) is 3.64. The number of aromatic nitrogens is 3. The molecule has 3 aromatic rings. The van der Waals surface area contributed by atoms with Crippen molar-refractivity contribution in [3.63, 3.8) is 0 Å². The highest BCUT2D eigenvalue weighted by atomic mass is 32.2. The van der Waals surface area contributed by atoms with E-state index in [-0.39, 0.29) is 0 Å². The van der Waals surface area contributed by atoms with Gasteiger partial charge in [0.1, 0.15) is 16.7 Å². The van der Waals surface area contributed by atoms with E-state index in [0.29, 0.717) is 12.1 Å². The molecule has 0 saturated carbocycles. The van der Waals surface area contributed by atoms with E-state index in [1.807, 2.05) is 42.1 Å². The van der Waals surface area contributed by atoms with Crippen molar-refractivity contribution in [3.8, 4) is 6.07 Å². The largest absolute Gasteiger partial charge is 0.379 e. The molecule has 0 bridgehead atoms. The smallest absolute Gasteiger partial charge is 0.116 e. The number of fused-ring (bicyclic) bond motifs is 1. The molecule has 5 nitrogen and oxygen atoms in total. The zero-order chi connectivity index (χ0) is 18.0. The Kier molecular flexibility index (Phi) is 4.95. The quantitative estimate of drug-likeness (QED) is 0.695. The molecule has 0 aliphatic rings. The van der Waals surface area contributed by atoms with Crippen molar-refractivity contribution in [2.24, 2.45) is 0 Å². The van der Waals surface area contributed by atoms with E-state index in [1.165, 1.54) is 17.3 Å². The lowest BCUT2D eigenvalue weighted by Crippen LogP contribution is -2.06. The van der Waals surface area contributed by atoms with Gasteiger partial charge in [0, 0.05) is 29.7 Å². The molecule has 2 aromatic heterocycles. The number of benzene rings is 1. The lowest BCUT2D eigenvalue weighted by molar-refractivity contribution is 0.633. The van der Waals surface area contributed by atoms with Gasteiger partial charge in [-0.05, 0) is 33.1 Å². The standard InChI is InChI=1S/C19H21N5S/c1-5-24-13(3)16(12(2)23-24)11-21-18-14-8-6-7-9-17(14)22-19(25-4)15(18)10-20/h6-9H,5,11H2,1-4H3,(H,21,22). The molecule has 2 heterocycles. The Bertz CT molecular complexity index is 968. The third kappa shape index (κ3) is 3.08. The summed E-state index contributed by atoms with van der Waals surface area (Å²) in [6.07, 6.45) is 1.95. The molecule has 0 spiro atoms. The van der Waals surface area contributed by atoms with Gasteiger partial charge in [0.05, 0.1) is 16.9 Å². The number of para-hydroxylation sites is 1. The molecule has 0 unspecified atom stereocenters. The number of nitriles is 1. The third-order valence-corrected chi connectivity index (χ3v) is 5.12. The maximum absolute atomic E-state index is 9.68. The van der Waals surface area contributed by atoms with E-state index in [0.717, 1.165) is 39.5 Å². The van der Waals surface area contributed by atoms with E-state index in [1.54, 1.807) is 0 Å². The second-order valence-corrected chi connectivity index (χ2v) is 6.61. The number of nitrogens with zero attached hydrogens (tertiary/aromatic N) is 4. The highest BCUT2D eigenvalue weighted by molar-refractivity contribution is 7.98. The Morgan fingerprint density at radius 2 is 2.04 bits per heavy atom. The molecule has 1 aromatic carbocycles. The zero-order valence-corrected chi connectivity index (χ0v) is 15.7. The Labute approximate surface area is 152 Å². The average Bonchev–Trinajstić information content (AvgIpc) is 2.92. The van der Waals surface area contributed by atoms with Gasteiger partial charge in [0.2, 0.25) is 0 Å². The highest BCUT2D eigenvalue weighted by Crippen LogP contribution is 2.32. The lowest BCUT2D eigenvalue weighted by Gasteiger charge is -2.14. The summed E-state index contributed by atoms with van der Waals surface area (Å²) in [5.74, 6) is 0. The molecule has 0 aliphatic carbocycles. The number of hydrogen-bond acceptors (Lipinski definition) is 5. The summed E-state index contributed by atoms with van der Waals surface area (Å²) in [6, 6.07) is 10.2. The first-order valence-electron chi connectivity index (χ1n) is 8.24. The number of thioether (sulfide) groups is 1. The summed E-state index contributed by atoms with van der Waals surface area (Å²) in [7, 11) is 0. The van der Waals surface area contributed by atoms with E-state index >= 15 is 0 Å². The minimum absolute atomic E-state index is 0.601. The predicted octanol–water partition coefficient (Wildman–Crippen LogP) is 4.27. The van der Waals surface area contributed by atoms with Crippen molar-refractivity contribution in [1.82, 2.24) is 14.8 Å². The minimum Gasteiger partial charge on any atom is -0.379 e. The van der Waals surface area contributed by atoms with Gasteiger partial charge in [-0.15, -0.1) is 11.8 Å². The van der Waals surface area contributed by atoms with Crippen LogP contribution in [0.1, 0.15) is 29.4 Å². The number of aryl methyl sites for hydroxylation is 2. The molecule has 1 N–H and O–H groups in total. The summed E-state index contributed by atoms with van der Waals surface area (Å²) in [6.45, 7) is 7.69. The van der Waals surface area contributed by atoms with Crippen molar-refractivity contribution in [3.05, 3.63) is 46.8 Å². The van der Waals surface area contributed by atoms with Crippen molar-refractivity contribution in [2.75, 3.05) is 11.6 Å². The van der Waals surface area contributed by atoms with Gasteiger partial charge in [-0.2, -0.15) is 10.4 Å². The van der Waals surface area contributed by atoms with Crippen LogP contribution >= 0.6 is 11.8 Å². The Hall–Kier alpha value is -2.52. The van der Waals surface area contributed by atoms with Crippen LogP contribution in [0.4, 0.5) is 5.69 Å². The van der Waals surface area contributed by atoms with Crippen LogP contribution in [0.2, 0.25) is 0 Å². The molecule has 25 heavy (non-hydrogen) atoms. The summed E-state index contributed by atoms with van der Waals surface area (Å²) in [5.41, 5.74) is 5.71. The first-order chi connectivity index (χ1) is 12.1. The van der Waals surface area contributed by atoms with Gasteiger partial charge < -0.3 is 5.32 Å². The normalized spacial score (nSPS) is 10.8. The summed E-state index contributed by atoms with van der Waals surface area (Å²) < 4.78 is 2.01. The summed E-state index contributed by atoms with van der Waals surface area (Å²) in [5, 5.41) is 19.5. The number of hydrogen-bond donors (Lipinski definition) is 1. The number of pyridine rings is 1. The molecule has 0 aliphatic heterocycles. The SMILES string of the molecule is CCn1nc(C)c(CNc2c(C#N)c(SC)nc3ccccc23)c1C. The maximum atomic E-state index is 9.68. The number of nitrogens with one attached hydrogen (secondary N) is 1. The third-order valence-electron chi connectivity index (χ3n) is 4.44. The van der Waals surface area contributed by atoms with Gasteiger partial charge in [0.15, 0.2) is 0 Å². The Balaban J connectivity index is 2.07. The van der Waals surface area contributed by atoms with E-state index in [9.17, 15) is 5.26 Å². The van der Waals surface area contributed by atoms with Crippen molar-refractivity contribution in [2.45, 2.75) is 38.9 Å². The second kappa shape index (κ2) is 7.16. The molecule has 0 amide bonds. The molecule has 128 valence electrons. The van der Waals surface area contributed by atoms with Gasteiger partial charge >= 0.3 is 0 Å². The second-order valence-electron chi connectivity index (χ2n) is 5.82. The molecule has 0 radical (unpaired) electrons. The monoisotopic (exact) mass is 351 g/mol. The molecule has 3 rings (SSSR count). The van der Waals surface area contributed by atoms with Crippen LogP contribution < -0.4 is 5.32 Å². The molecule has 0 saturated heterocycles. The van der Waals surface area contributed by atoms with Crippen LogP contribution in [0.25, 0.3) is 10.9 Å². The van der Waals surface area contributed by atoms with Crippen LogP contribution in [-0.2, 0) is 13.1 Å². The highest BCUT2D eigenvalue weighted by Gasteiger charge is 2.16. The first-order valence-corrected chi connectivity index (χ1v) is 9.46. The van der Waals surface area contributed by atoms with Crippen LogP contribution in [0.3, 0.4) is 0 Å². The van der Waals surface area contributed by atoms with Gasteiger partial charge in [-0.3, -0.25) is 4.68 Å². The fourth-order valence-electron chi connectivity index (χ4n) is 3.10. The Morgan fingerprint density at radius 3 is 2.68 bits per heavy atom. The van der Waals surface area contributed by atoms with Crippen LogP contribution in [0.5, 0.6) is 0 Å². The van der Waals surface area contributed by atoms with E-state index < -0.39 is 0 Å². The predicted molar refractivity (Wildman–Crippen MR) is 103 cm³/mol. The van der Waals surface area contributed by atoms with Gasteiger partial charge in [0.25, 0.3) is 0 Å². The van der Waals surface area contributed by atoms with Crippen molar-refractivity contribution < 1.29 is 0 Å². The average molecular weight is 351 g/mol. The maximum Gasteiger partial charge on any atom is 0.116 e. The van der Waals surface area contributed by atoms with Crippen LogP contribution in [0.15, 0.2) is 29.3 Å². The zero-order valence-electron chi connectivity index (χ0n) is 14.9. The molecule has 6 heteroatoms.